The molecule has 0 saturated heterocycles. The molecule has 0 spiro atoms. The molecule has 1 N–H and O–H groups in total. The zero-order valence-electron chi connectivity index (χ0n) is 12.4. The van der Waals surface area contributed by atoms with E-state index in [9.17, 15) is 4.79 Å². The predicted molar refractivity (Wildman–Crippen MR) is 92.6 cm³/mol. The lowest BCUT2D eigenvalue weighted by atomic mass is 10.0. The van der Waals surface area contributed by atoms with Gasteiger partial charge in [-0.15, -0.1) is 0 Å². The Hall–Kier alpha value is -1.52. The first-order chi connectivity index (χ1) is 10.6. The summed E-state index contributed by atoms with van der Waals surface area (Å²) < 4.78 is 6.19. The van der Waals surface area contributed by atoms with Crippen molar-refractivity contribution in [3.63, 3.8) is 0 Å². The molecule has 0 aromatic heterocycles. The number of ether oxygens (including phenoxy) is 1. The smallest absolute Gasteiger partial charge is 0.253 e. The highest BCUT2D eigenvalue weighted by atomic mass is 79.9. The van der Waals surface area contributed by atoms with Gasteiger partial charge in [-0.25, -0.2) is 0 Å². The Morgan fingerprint density at radius 2 is 2.05 bits per heavy atom. The van der Waals surface area contributed by atoms with E-state index in [0.717, 1.165) is 22.2 Å². The number of nitrogens with one attached hydrogen (secondary N) is 1. The van der Waals surface area contributed by atoms with E-state index in [0.29, 0.717) is 10.6 Å². The molecule has 0 fully saturated rings. The number of para-hydroxylation sites is 1. The fraction of sp³-hybridized carbons (Fsp3) is 0.235. The van der Waals surface area contributed by atoms with E-state index in [4.69, 9.17) is 16.3 Å². The minimum Gasteiger partial charge on any atom is -0.496 e. The maximum atomic E-state index is 12.5. The molecule has 0 aliphatic rings. The lowest BCUT2D eigenvalue weighted by molar-refractivity contribution is 0.0935. The van der Waals surface area contributed by atoms with Gasteiger partial charge in [0.2, 0.25) is 0 Å². The lowest BCUT2D eigenvalue weighted by Gasteiger charge is -2.20. The number of amides is 1. The van der Waals surface area contributed by atoms with Gasteiger partial charge in [-0.05, 0) is 30.7 Å². The van der Waals surface area contributed by atoms with Crippen molar-refractivity contribution in [3.05, 3.63) is 63.1 Å². The van der Waals surface area contributed by atoms with Gasteiger partial charge in [0.05, 0.1) is 23.7 Å². The Balaban J connectivity index is 2.26. The third-order valence-electron chi connectivity index (χ3n) is 3.40. The number of halogens is 2. The topological polar surface area (TPSA) is 38.3 Å². The summed E-state index contributed by atoms with van der Waals surface area (Å²) in [7, 11) is 1.62. The quantitative estimate of drug-likeness (QED) is 0.791. The molecule has 0 bridgehead atoms. The summed E-state index contributed by atoms with van der Waals surface area (Å²) in [6.07, 6.45) is 0.748. The first-order valence-electron chi connectivity index (χ1n) is 6.95. The van der Waals surface area contributed by atoms with Crippen LogP contribution in [0.5, 0.6) is 5.75 Å². The molecule has 0 radical (unpaired) electrons. The SMILES string of the molecule is CCC(NC(=O)c1cc(Br)ccc1Cl)c1ccccc1OC. The highest BCUT2D eigenvalue weighted by Gasteiger charge is 2.19. The second kappa shape index (κ2) is 7.65. The zero-order chi connectivity index (χ0) is 16.1. The van der Waals surface area contributed by atoms with Gasteiger partial charge in [0, 0.05) is 10.0 Å². The first-order valence-corrected chi connectivity index (χ1v) is 8.12. The van der Waals surface area contributed by atoms with Crippen LogP contribution < -0.4 is 10.1 Å². The third kappa shape index (κ3) is 3.81. The molecule has 0 aliphatic carbocycles. The number of benzene rings is 2. The van der Waals surface area contributed by atoms with Gasteiger partial charge in [-0.1, -0.05) is 52.7 Å². The van der Waals surface area contributed by atoms with Crippen molar-refractivity contribution in [3.8, 4) is 5.75 Å². The number of hydrogen-bond acceptors (Lipinski definition) is 2. The van der Waals surface area contributed by atoms with Crippen LogP contribution in [0.15, 0.2) is 46.9 Å². The highest BCUT2D eigenvalue weighted by Crippen LogP contribution is 2.28. The fourth-order valence-electron chi connectivity index (χ4n) is 2.26. The van der Waals surface area contributed by atoms with Gasteiger partial charge in [0.25, 0.3) is 5.91 Å². The molecule has 1 unspecified atom stereocenters. The van der Waals surface area contributed by atoms with Crippen LogP contribution >= 0.6 is 27.5 Å². The van der Waals surface area contributed by atoms with E-state index in [-0.39, 0.29) is 11.9 Å². The molecule has 5 heteroatoms. The van der Waals surface area contributed by atoms with E-state index >= 15 is 0 Å². The Bertz CT molecular complexity index is 675. The van der Waals surface area contributed by atoms with Crippen LogP contribution in [-0.2, 0) is 0 Å². The molecule has 2 aromatic carbocycles. The van der Waals surface area contributed by atoms with Crippen molar-refractivity contribution in [2.45, 2.75) is 19.4 Å². The number of carbonyl (C=O) groups is 1. The van der Waals surface area contributed by atoms with Crippen molar-refractivity contribution in [1.29, 1.82) is 0 Å². The van der Waals surface area contributed by atoms with E-state index in [2.05, 4.69) is 21.2 Å². The monoisotopic (exact) mass is 381 g/mol. The van der Waals surface area contributed by atoms with E-state index in [1.807, 2.05) is 31.2 Å². The first kappa shape index (κ1) is 16.8. The second-order valence-corrected chi connectivity index (χ2v) is 6.12. The molecule has 2 rings (SSSR count). The van der Waals surface area contributed by atoms with Crippen LogP contribution in [-0.4, -0.2) is 13.0 Å². The standard InChI is InChI=1S/C17H17BrClNO2/c1-3-15(12-6-4-5-7-16(12)22-2)20-17(21)13-10-11(18)8-9-14(13)19/h4-10,15H,3H2,1-2H3,(H,20,21). The van der Waals surface area contributed by atoms with Crippen molar-refractivity contribution in [2.75, 3.05) is 7.11 Å². The summed E-state index contributed by atoms with van der Waals surface area (Å²) in [6.45, 7) is 2.01. The molecule has 22 heavy (non-hydrogen) atoms. The zero-order valence-corrected chi connectivity index (χ0v) is 14.7. The van der Waals surface area contributed by atoms with E-state index < -0.39 is 0 Å². The maximum Gasteiger partial charge on any atom is 0.253 e. The second-order valence-electron chi connectivity index (χ2n) is 4.80. The van der Waals surface area contributed by atoms with Gasteiger partial charge in [-0.3, -0.25) is 4.79 Å². The largest absolute Gasteiger partial charge is 0.496 e. The minimum absolute atomic E-state index is 0.140. The van der Waals surface area contributed by atoms with E-state index in [1.54, 1.807) is 25.3 Å². The molecule has 1 atom stereocenters. The molecule has 1 amide bonds. The third-order valence-corrected chi connectivity index (χ3v) is 4.22. The van der Waals surface area contributed by atoms with Crippen LogP contribution in [0.4, 0.5) is 0 Å². The van der Waals surface area contributed by atoms with Crippen molar-refractivity contribution in [1.82, 2.24) is 5.32 Å². The Labute approximate surface area is 143 Å². The van der Waals surface area contributed by atoms with Crippen molar-refractivity contribution >= 4 is 33.4 Å². The molecule has 0 heterocycles. The molecular formula is C17H17BrClNO2. The minimum atomic E-state index is -0.205. The number of rotatable bonds is 5. The molecular weight excluding hydrogens is 366 g/mol. The molecule has 0 saturated carbocycles. The molecule has 3 nitrogen and oxygen atoms in total. The number of hydrogen-bond donors (Lipinski definition) is 1. The van der Waals surface area contributed by atoms with Gasteiger partial charge in [0.1, 0.15) is 5.75 Å². The highest BCUT2D eigenvalue weighted by molar-refractivity contribution is 9.10. The van der Waals surface area contributed by atoms with Crippen LogP contribution in [0.3, 0.4) is 0 Å². The van der Waals surface area contributed by atoms with Gasteiger partial charge >= 0.3 is 0 Å². The lowest BCUT2D eigenvalue weighted by Crippen LogP contribution is -2.28. The average molecular weight is 383 g/mol. The van der Waals surface area contributed by atoms with E-state index in [1.165, 1.54) is 0 Å². The average Bonchev–Trinajstić information content (AvgIpc) is 2.54. The summed E-state index contributed by atoms with van der Waals surface area (Å²) in [5.41, 5.74) is 1.40. The van der Waals surface area contributed by atoms with Crippen LogP contribution in [0.2, 0.25) is 5.02 Å². The molecule has 116 valence electrons. The summed E-state index contributed by atoms with van der Waals surface area (Å²) in [6, 6.07) is 12.7. The molecule has 2 aromatic rings. The predicted octanol–water partition coefficient (Wildman–Crippen LogP) is 4.99. The Kier molecular flexibility index (Phi) is 5.86. The van der Waals surface area contributed by atoms with Crippen LogP contribution in [0, 0.1) is 0 Å². The normalized spacial score (nSPS) is 11.8. The summed E-state index contributed by atoms with van der Waals surface area (Å²) in [5.74, 6) is 0.555. The van der Waals surface area contributed by atoms with Gasteiger partial charge in [-0.2, -0.15) is 0 Å². The summed E-state index contributed by atoms with van der Waals surface area (Å²) >= 11 is 9.47. The molecule has 0 aliphatic heterocycles. The van der Waals surface area contributed by atoms with Crippen LogP contribution in [0.1, 0.15) is 35.3 Å². The number of carbonyl (C=O) groups excluding carboxylic acids is 1. The van der Waals surface area contributed by atoms with Gasteiger partial charge in [0.15, 0.2) is 0 Å². The Morgan fingerprint density at radius 3 is 2.73 bits per heavy atom. The summed E-state index contributed by atoms with van der Waals surface area (Å²) in [5, 5.41) is 3.44. The summed E-state index contributed by atoms with van der Waals surface area (Å²) in [4.78, 5) is 12.5. The van der Waals surface area contributed by atoms with Crippen LogP contribution in [0.25, 0.3) is 0 Å². The van der Waals surface area contributed by atoms with Gasteiger partial charge < -0.3 is 10.1 Å². The fourth-order valence-corrected chi connectivity index (χ4v) is 2.83. The number of methoxy groups -OCH3 is 1. The Morgan fingerprint density at radius 1 is 1.32 bits per heavy atom. The maximum absolute atomic E-state index is 12.5. The van der Waals surface area contributed by atoms with Crippen molar-refractivity contribution < 1.29 is 9.53 Å². The van der Waals surface area contributed by atoms with Crippen molar-refractivity contribution in [2.24, 2.45) is 0 Å².